The van der Waals surface area contributed by atoms with E-state index >= 15 is 0 Å². The molecule has 1 aromatic carbocycles. The molecule has 1 unspecified atom stereocenters. The van der Waals surface area contributed by atoms with Crippen LogP contribution in [0.1, 0.15) is 31.9 Å². The summed E-state index contributed by atoms with van der Waals surface area (Å²) in [7, 11) is 0. The molecule has 84 valence electrons. The van der Waals surface area contributed by atoms with Crippen LogP contribution in [0.2, 0.25) is 0 Å². The minimum absolute atomic E-state index is 0.200. The van der Waals surface area contributed by atoms with Crippen LogP contribution < -0.4 is 4.74 Å². The molecule has 0 aromatic heterocycles. The fourth-order valence-electron chi connectivity index (χ4n) is 1.57. The van der Waals surface area contributed by atoms with Crippen LogP contribution in [0.15, 0.2) is 18.2 Å². The van der Waals surface area contributed by atoms with Crippen LogP contribution in [0, 0.1) is 6.92 Å². The number of hydrogen-bond acceptors (Lipinski definition) is 2. The summed E-state index contributed by atoms with van der Waals surface area (Å²) >= 11 is 0. The molecule has 0 fully saturated rings. The van der Waals surface area contributed by atoms with E-state index in [1.165, 1.54) is 0 Å². The first-order valence-corrected chi connectivity index (χ1v) is 5.43. The molecule has 1 atom stereocenters. The number of rotatable bonds is 4. The zero-order valence-corrected chi connectivity index (χ0v) is 9.95. The Morgan fingerprint density at radius 1 is 1.27 bits per heavy atom. The van der Waals surface area contributed by atoms with Crippen molar-refractivity contribution in [2.45, 2.75) is 46.3 Å². The number of hydrogen-bond donors (Lipinski definition) is 1. The number of aliphatic hydroxyl groups excluding tert-OH is 1. The molecule has 0 aliphatic carbocycles. The van der Waals surface area contributed by atoms with Gasteiger partial charge in [0.15, 0.2) is 0 Å². The fraction of sp³-hybridized carbons (Fsp3) is 0.538. The van der Waals surface area contributed by atoms with Crippen LogP contribution in [0.3, 0.4) is 0 Å². The van der Waals surface area contributed by atoms with Gasteiger partial charge in [0.1, 0.15) is 5.75 Å². The van der Waals surface area contributed by atoms with E-state index in [0.717, 1.165) is 16.9 Å². The molecule has 1 rings (SSSR count). The smallest absolute Gasteiger partial charge is 0.122 e. The minimum Gasteiger partial charge on any atom is -0.491 e. The molecule has 0 aliphatic heterocycles. The van der Waals surface area contributed by atoms with Gasteiger partial charge in [-0.25, -0.2) is 0 Å². The van der Waals surface area contributed by atoms with Gasteiger partial charge in [0.2, 0.25) is 0 Å². The lowest BCUT2D eigenvalue weighted by Gasteiger charge is -2.13. The van der Waals surface area contributed by atoms with Crippen LogP contribution in [-0.2, 0) is 6.42 Å². The number of benzene rings is 1. The molecule has 2 heteroatoms. The summed E-state index contributed by atoms with van der Waals surface area (Å²) in [6, 6.07) is 6.06. The highest BCUT2D eigenvalue weighted by molar-refractivity contribution is 5.36. The third-order valence-corrected chi connectivity index (χ3v) is 2.13. The van der Waals surface area contributed by atoms with Gasteiger partial charge in [-0.3, -0.25) is 0 Å². The first-order valence-electron chi connectivity index (χ1n) is 5.43. The SMILES string of the molecule is Cc1cc(CC(C)O)ccc1OC(C)C. The van der Waals surface area contributed by atoms with E-state index in [4.69, 9.17) is 4.74 Å². The van der Waals surface area contributed by atoms with Crippen molar-refractivity contribution >= 4 is 0 Å². The molecule has 0 saturated carbocycles. The van der Waals surface area contributed by atoms with Gasteiger partial charge in [0, 0.05) is 0 Å². The van der Waals surface area contributed by atoms with E-state index in [-0.39, 0.29) is 12.2 Å². The highest BCUT2D eigenvalue weighted by Gasteiger charge is 2.04. The summed E-state index contributed by atoms with van der Waals surface area (Å²) < 4.78 is 5.64. The van der Waals surface area contributed by atoms with Crippen molar-refractivity contribution < 1.29 is 9.84 Å². The standard InChI is InChI=1S/C13H20O2/c1-9(2)15-13-6-5-12(7-10(13)3)8-11(4)14/h5-7,9,11,14H,8H2,1-4H3. The lowest BCUT2D eigenvalue weighted by Crippen LogP contribution is -2.08. The molecule has 0 saturated heterocycles. The molecule has 0 radical (unpaired) electrons. The second kappa shape index (κ2) is 5.17. The van der Waals surface area contributed by atoms with Gasteiger partial charge in [-0.05, 0) is 51.3 Å². The monoisotopic (exact) mass is 208 g/mol. The Bertz CT molecular complexity index is 316. The molecule has 0 heterocycles. The molecular weight excluding hydrogens is 188 g/mol. The zero-order valence-electron chi connectivity index (χ0n) is 9.95. The van der Waals surface area contributed by atoms with Gasteiger partial charge in [0.25, 0.3) is 0 Å². The molecule has 15 heavy (non-hydrogen) atoms. The molecule has 2 nitrogen and oxygen atoms in total. The number of aliphatic hydroxyl groups is 1. The normalized spacial score (nSPS) is 12.9. The predicted octanol–water partition coefficient (Wildman–Crippen LogP) is 2.71. The van der Waals surface area contributed by atoms with Crippen molar-refractivity contribution in [1.82, 2.24) is 0 Å². The average molecular weight is 208 g/mol. The fourth-order valence-corrected chi connectivity index (χ4v) is 1.57. The Labute approximate surface area is 91.9 Å². The molecule has 1 aromatic rings. The van der Waals surface area contributed by atoms with Crippen LogP contribution >= 0.6 is 0 Å². The third kappa shape index (κ3) is 3.92. The van der Waals surface area contributed by atoms with Gasteiger partial charge in [0.05, 0.1) is 12.2 Å². The number of ether oxygens (including phenoxy) is 1. The van der Waals surface area contributed by atoms with Crippen LogP contribution in [0.5, 0.6) is 5.75 Å². The van der Waals surface area contributed by atoms with Gasteiger partial charge in [-0.15, -0.1) is 0 Å². The first-order chi connectivity index (χ1) is 6.99. The van der Waals surface area contributed by atoms with E-state index < -0.39 is 0 Å². The summed E-state index contributed by atoms with van der Waals surface area (Å²) in [4.78, 5) is 0. The van der Waals surface area contributed by atoms with Crippen molar-refractivity contribution in [3.05, 3.63) is 29.3 Å². The summed E-state index contributed by atoms with van der Waals surface area (Å²) in [6.07, 6.45) is 0.607. The second-order valence-corrected chi connectivity index (χ2v) is 4.32. The molecule has 0 aliphatic rings. The summed E-state index contributed by atoms with van der Waals surface area (Å²) in [5, 5.41) is 9.28. The number of aryl methyl sites for hydroxylation is 1. The Balaban J connectivity index is 2.78. The van der Waals surface area contributed by atoms with Crippen LogP contribution in [0.4, 0.5) is 0 Å². The first kappa shape index (κ1) is 12.1. The maximum absolute atomic E-state index is 9.28. The summed E-state index contributed by atoms with van der Waals surface area (Å²) in [6.45, 7) is 7.86. The maximum Gasteiger partial charge on any atom is 0.122 e. The molecule has 1 N–H and O–H groups in total. The van der Waals surface area contributed by atoms with E-state index in [1.807, 2.05) is 32.9 Å². The Morgan fingerprint density at radius 3 is 2.40 bits per heavy atom. The third-order valence-electron chi connectivity index (χ3n) is 2.13. The van der Waals surface area contributed by atoms with E-state index in [0.29, 0.717) is 6.42 Å². The lowest BCUT2D eigenvalue weighted by molar-refractivity contribution is 0.195. The topological polar surface area (TPSA) is 29.5 Å². The van der Waals surface area contributed by atoms with E-state index in [2.05, 4.69) is 6.07 Å². The highest BCUT2D eigenvalue weighted by atomic mass is 16.5. The molecule has 0 amide bonds. The average Bonchev–Trinajstić information content (AvgIpc) is 2.08. The van der Waals surface area contributed by atoms with Gasteiger partial charge >= 0.3 is 0 Å². The van der Waals surface area contributed by atoms with Crippen molar-refractivity contribution in [3.8, 4) is 5.75 Å². The Morgan fingerprint density at radius 2 is 1.93 bits per heavy atom. The van der Waals surface area contributed by atoms with Gasteiger partial charge in [-0.2, -0.15) is 0 Å². The minimum atomic E-state index is -0.290. The van der Waals surface area contributed by atoms with E-state index in [1.54, 1.807) is 6.92 Å². The molecular formula is C13H20O2. The van der Waals surface area contributed by atoms with E-state index in [9.17, 15) is 5.11 Å². The predicted molar refractivity (Wildman–Crippen MR) is 62.3 cm³/mol. The summed E-state index contributed by atoms with van der Waals surface area (Å²) in [5.41, 5.74) is 2.28. The second-order valence-electron chi connectivity index (χ2n) is 4.32. The van der Waals surface area contributed by atoms with Gasteiger partial charge in [-0.1, -0.05) is 12.1 Å². The van der Waals surface area contributed by atoms with Gasteiger partial charge < -0.3 is 9.84 Å². The van der Waals surface area contributed by atoms with Crippen LogP contribution in [0.25, 0.3) is 0 Å². The van der Waals surface area contributed by atoms with Crippen LogP contribution in [-0.4, -0.2) is 17.3 Å². The molecule has 0 bridgehead atoms. The lowest BCUT2D eigenvalue weighted by atomic mass is 10.1. The largest absolute Gasteiger partial charge is 0.491 e. The highest BCUT2D eigenvalue weighted by Crippen LogP contribution is 2.21. The van der Waals surface area contributed by atoms with Crippen molar-refractivity contribution in [3.63, 3.8) is 0 Å². The quantitative estimate of drug-likeness (QED) is 0.824. The molecule has 0 spiro atoms. The van der Waals surface area contributed by atoms with Crippen molar-refractivity contribution in [1.29, 1.82) is 0 Å². The van der Waals surface area contributed by atoms with Crippen molar-refractivity contribution in [2.75, 3.05) is 0 Å². The van der Waals surface area contributed by atoms with Crippen molar-refractivity contribution in [2.24, 2.45) is 0 Å². The summed E-state index contributed by atoms with van der Waals surface area (Å²) in [5.74, 6) is 0.930. The Hall–Kier alpha value is -1.02. The zero-order chi connectivity index (χ0) is 11.4. The maximum atomic E-state index is 9.28. The Kier molecular flexibility index (Phi) is 4.15.